The van der Waals surface area contributed by atoms with E-state index in [1.807, 2.05) is 0 Å². The molecular formula is C18H18N2O6S. The van der Waals surface area contributed by atoms with Gasteiger partial charge in [-0.25, -0.2) is 13.6 Å². The lowest BCUT2D eigenvalue weighted by Crippen LogP contribution is -2.42. The van der Waals surface area contributed by atoms with E-state index in [9.17, 15) is 18.0 Å². The Morgan fingerprint density at radius 1 is 1.11 bits per heavy atom. The van der Waals surface area contributed by atoms with Crippen LogP contribution in [0.4, 0.5) is 0 Å². The summed E-state index contributed by atoms with van der Waals surface area (Å²) in [6.07, 6.45) is 0.315. The number of carbonyl (C=O) groups excluding carboxylic acids is 2. The van der Waals surface area contributed by atoms with Crippen LogP contribution in [0, 0.1) is 0 Å². The minimum absolute atomic E-state index is 0.0386. The van der Waals surface area contributed by atoms with Gasteiger partial charge in [0.15, 0.2) is 0 Å². The Kier molecular flexibility index (Phi) is 4.90. The first-order valence-corrected chi connectivity index (χ1v) is 9.55. The molecule has 1 heterocycles. The molecule has 0 saturated heterocycles. The van der Waals surface area contributed by atoms with E-state index in [4.69, 9.17) is 14.6 Å². The van der Waals surface area contributed by atoms with E-state index in [2.05, 4.69) is 0 Å². The third kappa shape index (κ3) is 3.51. The van der Waals surface area contributed by atoms with Crippen LogP contribution in [0.15, 0.2) is 41.3 Å². The smallest absolute Gasteiger partial charge is 0.261 e. The zero-order valence-electron chi connectivity index (χ0n) is 14.8. The maximum Gasteiger partial charge on any atom is 0.261 e. The van der Waals surface area contributed by atoms with Crippen molar-refractivity contribution in [2.24, 2.45) is 5.14 Å². The number of imide groups is 1. The summed E-state index contributed by atoms with van der Waals surface area (Å²) in [7, 11) is -1.20. The maximum absolute atomic E-state index is 12.8. The summed E-state index contributed by atoms with van der Waals surface area (Å²) in [5.74, 6) is -0.399. The molecule has 0 spiro atoms. The summed E-state index contributed by atoms with van der Waals surface area (Å²) < 4.78 is 33.6. The molecular weight excluding hydrogens is 372 g/mol. The number of carbonyl (C=O) groups is 2. The number of fused-ring (bicyclic) bond motifs is 1. The average Bonchev–Trinajstić information content (AvgIpc) is 2.66. The maximum atomic E-state index is 12.8. The summed E-state index contributed by atoms with van der Waals surface area (Å²) in [5.41, 5.74) is 1.07. The van der Waals surface area contributed by atoms with Crippen LogP contribution in [0.25, 0.3) is 0 Å². The number of nitrogens with zero attached hydrogens (tertiary/aromatic N) is 1. The van der Waals surface area contributed by atoms with Gasteiger partial charge in [0.25, 0.3) is 11.8 Å². The van der Waals surface area contributed by atoms with Gasteiger partial charge < -0.3 is 9.47 Å². The lowest BCUT2D eigenvalue weighted by molar-refractivity contribution is 0.0604. The summed E-state index contributed by atoms with van der Waals surface area (Å²) >= 11 is 0. The van der Waals surface area contributed by atoms with Crippen LogP contribution in [0.5, 0.6) is 11.5 Å². The fourth-order valence-electron chi connectivity index (χ4n) is 2.95. The van der Waals surface area contributed by atoms with E-state index in [-0.39, 0.29) is 22.8 Å². The molecule has 27 heavy (non-hydrogen) atoms. The van der Waals surface area contributed by atoms with Crippen LogP contribution < -0.4 is 14.6 Å². The van der Waals surface area contributed by atoms with Gasteiger partial charge in [0.1, 0.15) is 16.4 Å². The van der Waals surface area contributed by atoms with Crippen LogP contribution >= 0.6 is 0 Å². The highest BCUT2D eigenvalue weighted by Crippen LogP contribution is 2.31. The molecule has 0 saturated carbocycles. The highest BCUT2D eigenvalue weighted by molar-refractivity contribution is 7.89. The van der Waals surface area contributed by atoms with Gasteiger partial charge in [0, 0.05) is 17.7 Å². The van der Waals surface area contributed by atoms with Crippen molar-refractivity contribution in [2.75, 3.05) is 20.8 Å². The highest BCUT2D eigenvalue weighted by atomic mass is 32.2. The van der Waals surface area contributed by atoms with E-state index in [1.54, 1.807) is 24.3 Å². The molecule has 0 bridgehead atoms. The fraction of sp³-hybridized carbons (Fsp3) is 0.222. The Morgan fingerprint density at radius 2 is 1.78 bits per heavy atom. The SMILES string of the molecule is COc1ccc(C(=O)N2CCc3cc(S(N)(=O)=O)c(OC)cc3C2=O)cc1. The molecule has 142 valence electrons. The zero-order valence-corrected chi connectivity index (χ0v) is 15.6. The molecule has 0 aliphatic carbocycles. The Morgan fingerprint density at radius 3 is 2.33 bits per heavy atom. The first-order valence-electron chi connectivity index (χ1n) is 8.00. The van der Waals surface area contributed by atoms with Crippen molar-refractivity contribution in [2.45, 2.75) is 11.3 Å². The standard InChI is InChI=1S/C18H18N2O6S/c1-25-13-5-3-11(4-6-13)17(21)20-8-7-12-9-16(27(19,23)24)15(26-2)10-14(12)18(20)22/h3-6,9-10H,7-8H2,1-2H3,(H2,19,23,24). The summed E-state index contributed by atoms with van der Waals surface area (Å²) in [4.78, 5) is 26.5. The van der Waals surface area contributed by atoms with Gasteiger partial charge in [0.2, 0.25) is 10.0 Å². The fourth-order valence-corrected chi connectivity index (χ4v) is 3.68. The van der Waals surface area contributed by atoms with Crippen LogP contribution in [-0.2, 0) is 16.4 Å². The first kappa shape index (κ1) is 18.9. The van der Waals surface area contributed by atoms with Crippen LogP contribution in [0.3, 0.4) is 0 Å². The minimum Gasteiger partial charge on any atom is -0.497 e. The molecule has 2 amide bonds. The van der Waals surface area contributed by atoms with Gasteiger partial charge in [-0.15, -0.1) is 0 Å². The average molecular weight is 390 g/mol. The molecule has 0 atom stereocenters. The van der Waals surface area contributed by atoms with E-state index in [0.29, 0.717) is 23.3 Å². The number of ether oxygens (including phenoxy) is 2. The van der Waals surface area contributed by atoms with Gasteiger partial charge >= 0.3 is 0 Å². The van der Waals surface area contributed by atoms with E-state index in [1.165, 1.54) is 26.4 Å². The zero-order chi connectivity index (χ0) is 19.8. The molecule has 0 aromatic heterocycles. The van der Waals surface area contributed by atoms with Gasteiger partial charge in [-0.2, -0.15) is 0 Å². The second kappa shape index (κ2) is 7.01. The summed E-state index contributed by atoms with van der Waals surface area (Å²) in [5, 5.41) is 5.21. The van der Waals surface area contributed by atoms with Gasteiger partial charge in [-0.05, 0) is 48.4 Å². The molecule has 0 unspecified atom stereocenters. The van der Waals surface area contributed by atoms with E-state index >= 15 is 0 Å². The van der Waals surface area contributed by atoms with Gasteiger partial charge in [0.05, 0.1) is 14.2 Å². The number of methoxy groups -OCH3 is 2. The molecule has 1 aliphatic heterocycles. The minimum atomic E-state index is -4.00. The third-order valence-corrected chi connectivity index (χ3v) is 5.29. The van der Waals surface area contributed by atoms with Crippen molar-refractivity contribution in [3.8, 4) is 11.5 Å². The Hall–Kier alpha value is -2.91. The normalized spacial score (nSPS) is 13.9. The van der Waals surface area contributed by atoms with E-state index in [0.717, 1.165) is 4.90 Å². The Labute approximate surface area is 156 Å². The molecule has 1 aliphatic rings. The summed E-state index contributed by atoms with van der Waals surface area (Å²) in [6, 6.07) is 9.07. The Balaban J connectivity index is 1.97. The topological polar surface area (TPSA) is 116 Å². The number of primary sulfonamides is 1. The predicted octanol–water partition coefficient (Wildman–Crippen LogP) is 1.19. The Bertz CT molecular complexity index is 1010. The number of hydrogen-bond donors (Lipinski definition) is 1. The predicted molar refractivity (Wildman–Crippen MR) is 96.4 cm³/mol. The molecule has 3 rings (SSSR count). The van der Waals surface area contributed by atoms with Crippen LogP contribution in [0.1, 0.15) is 26.3 Å². The number of rotatable bonds is 4. The molecule has 2 N–H and O–H groups in total. The third-order valence-electron chi connectivity index (χ3n) is 4.36. The lowest BCUT2D eigenvalue weighted by Gasteiger charge is -2.28. The van der Waals surface area contributed by atoms with Crippen molar-refractivity contribution in [1.29, 1.82) is 0 Å². The molecule has 2 aromatic carbocycles. The molecule has 0 fully saturated rings. The quantitative estimate of drug-likeness (QED) is 0.784. The number of hydrogen-bond acceptors (Lipinski definition) is 6. The second-order valence-electron chi connectivity index (χ2n) is 5.95. The second-order valence-corrected chi connectivity index (χ2v) is 7.48. The van der Waals surface area contributed by atoms with Crippen LogP contribution in [0.2, 0.25) is 0 Å². The van der Waals surface area contributed by atoms with Crippen molar-refractivity contribution in [1.82, 2.24) is 4.90 Å². The molecule has 9 heteroatoms. The van der Waals surface area contributed by atoms with Crippen molar-refractivity contribution >= 4 is 21.8 Å². The number of sulfonamides is 1. The van der Waals surface area contributed by atoms with Crippen molar-refractivity contribution in [3.05, 3.63) is 53.1 Å². The number of nitrogens with two attached hydrogens (primary N) is 1. The van der Waals surface area contributed by atoms with Gasteiger partial charge in [-0.3, -0.25) is 14.5 Å². The van der Waals surface area contributed by atoms with Crippen molar-refractivity contribution in [3.63, 3.8) is 0 Å². The van der Waals surface area contributed by atoms with Crippen LogP contribution in [-0.4, -0.2) is 45.9 Å². The largest absolute Gasteiger partial charge is 0.497 e. The molecule has 0 radical (unpaired) electrons. The number of benzene rings is 2. The molecule has 2 aromatic rings. The monoisotopic (exact) mass is 390 g/mol. The molecule has 8 nitrogen and oxygen atoms in total. The van der Waals surface area contributed by atoms with Gasteiger partial charge in [-0.1, -0.05) is 0 Å². The van der Waals surface area contributed by atoms with E-state index < -0.39 is 21.8 Å². The summed E-state index contributed by atoms with van der Waals surface area (Å²) in [6.45, 7) is 0.132. The highest BCUT2D eigenvalue weighted by Gasteiger charge is 2.32. The first-order chi connectivity index (χ1) is 12.8. The number of amides is 2. The lowest BCUT2D eigenvalue weighted by atomic mass is 9.98. The van der Waals surface area contributed by atoms with Crippen molar-refractivity contribution < 1.29 is 27.5 Å².